The van der Waals surface area contributed by atoms with Crippen LogP contribution in [0, 0.1) is 0 Å². The van der Waals surface area contributed by atoms with E-state index in [1.54, 1.807) is 0 Å². The number of furan rings is 1. The molecule has 0 bridgehead atoms. The van der Waals surface area contributed by atoms with Gasteiger partial charge < -0.3 is 4.42 Å². The van der Waals surface area contributed by atoms with E-state index in [1.807, 2.05) is 18.2 Å². The molecule has 0 amide bonds. The van der Waals surface area contributed by atoms with Gasteiger partial charge in [-0.1, -0.05) is 141 Å². The van der Waals surface area contributed by atoms with Crippen molar-refractivity contribution in [2.75, 3.05) is 4.90 Å². The largest absolute Gasteiger partial charge is 0.455 e. The molecule has 242 valence electrons. The first kappa shape index (κ1) is 29.4. The normalized spacial score (nSPS) is 13.1. The minimum absolute atomic E-state index is 0.156. The van der Waals surface area contributed by atoms with E-state index in [9.17, 15) is 0 Å². The van der Waals surface area contributed by atoms with Crippen molar-refractivity contribution < 1.29 is 4.42 Å². The summed E-state index contributed by atoms with van der Waals surface area (Å²) in [4.78, 5) is 13.1. The summed E-state index contributed by atoms with van der Waals surface area (Å²) in [5.74, 6) is 0.597. The highest BCUT2D eigenvalue weighted by molar-refractivity contribution is 6.11. The number of rotatable bonds is 5. The van der Waals surface area contributed by atoms with Gasteiger partial charge in [0.2, 0.25) is 5.95 Å². The monoisotopic (exact) mass is 655 g/mol. The molecule has 1 aliphatic rings. The molecule has 9 aromatic rings. The van der Waals surface area contributed by atoms with Crippen LogP contribution in [0.25, 0.3) is 66.4 Å². The number of fused-ring (bicyclic) bond motifs is 7. The molecule has 7 aromatic carbocycles. The summed E-state index contributed by atoms with van der Waals surface area (Å²) in [5, 5.41) is 3.13. The number of nitrogens with zero attached hydrogens (tertiary/aromatic N) is 3. The van der Waals surface area contributed by atoms with Gasteiger partial charge >= 0.3 is 0 Å². The Hall–Kier alpha value is -6.52. The maximum Gasteiger partial charge on any atom is 0.235 e. The fourth-order valence-electron chi connectivity index (χ4n) is 8.02. The Balaban J connectivity index is 1.25. The highest BCUT2D eigenvalue weighted by Gasteiger charge is 2.38. The Kier molecular flexibility index (Phi) is 6.49. The third-order valence-corrected chi connectivity index (χ3v) is 10.5. The van der Waals surface area contributed by atoms with E-state index >= 15 is 0 Å². The molecular weight excluding hydrogens is 623 g/mol. The lowest BCUT2D eigenvalue weighted by Gasteiger charge is -2.28. The van der Waals surface area contributed by atoms with Gasteiger partial charge in [-0.3, -0.25) is 4.90 Å². The molecule has 2 aromatic heterocycles. The Morgan fingerprint density at radius 1 is 0.510 bits per heavy atom. The second-order valence-corrected chi connectivity index (χ2v) is 13.8. The third kappa shape index (κ3) is 4.53. The van der Waals surface area contributed by atoms with Crippen LogP contribution < -0.4 is 4.90 Å². The van der Waals surface area contributed by atoms with Crippen LogP contribution in [0.1, 0.15) is 25.0 Å². The van der Waals surface area contributed by atoms with Gasteiger partial charge in [0, 0.05) is 38.4 Å². The van der Waals surface area contributed by atoms with E-state index in [1.165, 1.54) is 27.8 Å². The number of para-hydroxylation sites is 3. The summed E-state index contributed by atoms with van der Waals surface area (Å²) < 4.78 is 6.56. The summed E-state index contributed by atoms with van der Waals surface area (Å²) in [6.07, 6.45) is 0. The summed E-state index contributed by atoms with van der Waals surface area (Å²) in [5.41, 5.74) is 13.6. The van der Waals surface area contributed by atoms with Gasteiger partial charge in [-0.25, -0.2) is 9.97 Å². The smallest absolute Gasteiger partial charge is 0.235 e. The second-order valence-electron chi connectivity index (χ2n) is 13.8. The molecule has 0 saturated heterocycles. The van der Waals surface area contributed by atoms with Crippen LogP contribution >= 0.6 is 0 Å². The first-order valence-corrected chi connectivity index (χ1v) is 17.4. The molecule has 1 aliphatic carbocycles. The topological polar surface area (TPSA) is 42.2 Å². The van der Waals surface area contributed by atoms with E-state index in [-0.39, 0.29) is 5.41 Å². The first-order valence-electron chi connectivity index (χ1n) is 17.4. The van der Waals surface area contributed by atoms with Gasteiger partial charge in [0.25, 0.3) is 0 Å². The van der Waals surface area contributed by atoms with Crippen molar-refractivity contribution in [2.45, 2.75) is 19.3 Å². The van der Waals surface area contributed by atoms with E-state index in [0.717, 1.165) is 61.0 Å². The molecule has 4 nitrogen and oxygen atoms in total. The number of hydrogen-bond acceptors (Lipinski definition) is 4. The zero-order chi connectivity index (χ0) is 34.1. The molecule has 4 heteroatoms. The molecule has 0 N–H and O–H groups in total. The standard InChI is InChI=1S/C47H33N3O/c1-47(2)38-21-9-6-17-35(38)43-39(47)22-13-24-41(43)50(32-28-26-31(27-29-32)30-14-4-3-5-15-30)46-48-40-23-10-7-18-36(40)44(49-46)37-20-12-19-34-33-16-8-11-25-42(33)51-45(34)37/h3-29H,1-2H3. The van der Waals surface area contributed by atoms with Crippen LogP contribution in [0.3, 0.4) is 0 Å². The van der Waals surface area contributed by atoms with Gasteiger partial charge in [0.15, 0.2) is 0 Å². The van der Waals surface area contributed by atoms with Gasteiger partial charge in [-0.15, -0.1) is 0 Å². The molecule has 0 aliphatic heterocycles. The molecule has 0 atom stereocenters. The lowest BCUT2D eigenvalue weighted by Crippen LogP contribution is -2.17. The van der Waals surface area contributed by atoms with E-state index in [0.29, 0.717) is 5.95 Å². The predicted molar refractivity (Wildman–Crippen MR) is 210 cm³/mol. The fraction of sp³-hybridized carbons (Fsp3) is 0.0638. The van der Waals surface area contributed by atoms with Gasteiger partial charge in [0.1, 0.15) is 11.2 Å². The zero-order valence-electron chi connectivity index (χ0n) is 28.3. The highest BCUT2D eigenvalue weighted by Crippen LogP contribution is 2.54. The maximum atomic E-state index is 6.56. The molecular formula is C47H33N3O. The second kappa shape index (κ2) is 11.3. The Morgan fingerprint density at radius 2 is 1.16 bits per heavy atom. The minimum Gasteiger partial charge on any atom is -0.455 e. The summed E-state index contributed by atoms with van der Waals surface area (Å²) in [6, 6.07) is 57.5. The van der Waals surface area contributed by atoms with Crippen molar-refractivity contribution >= 4 is 50.2 Å². The van der Waals surface area contributed by atoms with Gasteiger partial charge in [-0.05, 0) is 64.2 Å². The summed E-state index contributed by atoms with van der Waals surface area (Å²) in [7, 11) is 0. The van der Waals surface area contributed by atoms with Gasteiger partial charge in [-0.2, -0.15) is 0 Å². The number of hydrogen-bond donors (Lipinski definition) is 0. The third-order valence-electron chi connectivity index (χ3n) is 10.5. The van der Waals surface area contributed by atoms with E-state index in [4.69, 9.17) is 14.4 Å². The molecule has 2 heterocycles. The van der Waals surface area contributed by atoms with Crippen LogP contribution in [0.2, 0.25) is 0 Å². The zero-order valence-corrected chi connectivity index (χ0v) is 28.3. The highest BCUT2D eigenvalue weighted by atomic mass is 16.3. The minimum atomic E-state index is -0.156. The molecule has 0 radical (unpaired) electrons. The van der Waals surface area contributed by atoms with Crippen molar-refractivity contribution in [3.8, 4) is 33.5 Å². The predicted octanol–water partition coefficient (Wildman–Crippen LogP) is 12.6. The average molecular weight is 656 g/mol. The molecule has 0 spiro atoms. The fourth-order valence-corrected chi connectivity index (χ4v) is 8.02. The van der Waals surface area contributed by atoms with E-state index < -0.39 is 0 Å². The first-order chi connectivity index (χ1) is 25.1. The molecule has 0 unspecified atom stereocenters. The Morgan fingerprint density at radius 3 is 2.02 bits per heavy atom. The Labute approximate surface area is 296 Å². The van der Waals surface area contributed by atoms with Gasteiger partial charge in [0.05, 0.1) is 16.9 Å². The van der Waals surface area contributed by atoms with Crippen LogP contribution in [0.4, 0.5) is 17.3 Å². The number of aromatic nitrogens is 2. The molecule has 0 saturated carbocycles. The summed E-state index contributed by atoms with van der Waals surface area (Å²) in [6.45, 7) is 4.64. The van der Waals surface area contributed by atoms with Crippen molar-refractivity contribution in [3.05, 3.63) is 175 Å². The number of benzene rings is 7. The van der Waals surface area contributed by atoms with Crippen LogP contribution in [0.5, 0.6) is 0 Å². The quantitative estimate of drug-likeness (QED) is 0.185. The molecule has 0 fully saturated rings. The maximum absolute atomic E-state index is 6.56. The lowest BCUT2D eigenvalue weighted by atomic mass is 9.82. The lowest BCUT2D eigenvalue weighted by molar-refractivity contribution is 0.660. The van der Waals surface area contributed by atoms with E-state index in [2.05, 4.69) is 164 Å². The van der Waals surface area contributed by atoms with Crippen LogP contribution in [0.15, 0.2) is 168 Å². The molecule has 51 heavy (non-hydrogen) atoms. The van der Waals surface area contributed by atoms with Crippen LogP contribution in [-0.4, -0.2) is 9.97 Å². The summed E-state index contributed by atoms with van der Waals surface area (Å²) >= 11 is 0. The van der Waals surface area contributed by atoms with Crippen molar-refractivity contribution in [1.29, 1.82) is 0 Å². The number of anilines is 3. The van der Waals surface area contributed by atoms with Crippen molar-refractivity contribution in [1.82, 2.24) is 9.97 Å². The van der Waals surface area contributed by atoms with Crippen molar-refractivity contribution in [2.24, 2.45) is 0 Å². The average Bonchev–Trinajstić information content (AvgIpc) is 3.68. The SMILES string of the molecule is CC1(C)c2ccccc2-c2c(N(c3ccc(-c4ccccc4)cc3)c3nc(-c4cccc5c4oc4ccccc45)c4ccccc4n3)cccc21. The molecule has 10 rings (SSSR count). The van der Waals surface area contributed by atoms with Crippen molar-refractivity contribution in [3.63, 3.8) is 0 Å². The Bertz CT molecular complexity index is 2780. The van der Waals surface area contributed by atoms with Crippen LogP contribution in [-0.2, 0) is 5.41 Å².